The van der Waals surface area contributed by atoms with Crippen molar-refractivity contribution in [2.45, 2.75) is 26.8 Å². The van der Waals surface area contributed by atoms with Crippen LogP contribution in [0.15, 0.2) is 42.5 Å². The Morgan fingerprint density at radius 1 is 1.12 bits per heavy atom. The van der Waals surface area contributed by atoms with Gasteiger partial charge in [-0.15, -0.1) is 12.4 Å². The number of methoxy groups -OCH3 is 1. The van der Waals surface area contributed by atoms with Crippen molar-refractivity contribution in [3.8, 4) is 17.2 Å². The van der Waals surface area contributed by atoms with E-state index in [1.54, 1.807) is 30.3 Å². The Bertz CT molecular complexity index is 763. The fraction of sp³-hybridized carbons (Fsp3) is 0.316. The van der Waals surface area contributed by atoms with Crippen LogP contribution in [0.2, 0.25) is 0 Å². The first-order valence-electron chi connectivity index (χ1n) is 7.89. The third-order valence-corrected chi connectivity index (χ3v) is 3.70. The van der Waals surface area contributed by atoms with Crippen molar-refractivity contribution in [1.29, 1.82) is 0 Å². The number of nitrogens with one attached hydrogen (secondary N) is 1. The van der Waals surface area contributed by atoms with Crippen LogP contribution in [0.5, 0.6) is 17.2 Å². The van der Waals surface area contributed by atoms with E-state index in [0.717, 1.165) is 0 Å². The van der Waals surface area contributed by atoms with E-state index in [9.17, 15) is 9.18 Å². The summed E-state index contributed by atoms with van der Waals surface area (Å²) in [6.07, 6.45) is 0. The molecule has 1 atom stereocenters. The number of rotatable bonds is 5. The highest BCUT2D eigenvalue weighted by atomic mass is 35.5. The van der Waals surface area contributed by atoms with Gasteiger partial charge in [0.25, 0.3) is 0 Å². The molecule has 0 saturated carbocycles. The zero-order valence-electron chi connectivity index (χ0n) is 15.2. The standard InChI is InChI=1S/C19H23FN2O3.ClH/c1-19(2,3)17(21)18(23)22-12-9-10-14(13(20)11-12)25-16-8-6-5-7-15(16)24-4;/h5-11,17H,21H2,1-4H3,(H,22,23);1H/t17-;/m1./s1. The lowest BCUT2D eigenvalue weighted by Gasteiger charge is -2.25. The van der Waals surface area contributed by atoms with Gasteiger partial charge in [0.05, 0.1) is 13.2 Å². The van der Waals surface area contributed by atoms with Crippen molar-refractivity contribution < 1.29 is 18.7 Å². The number of para-hydroxylation sites is 2. The van der Waals surface area contributed by atoms with E-state index in [2.05, 4.69) is 5.32 Å². The number of benzene rings is 2. The molecule has 2 aromatic rings. The highest BCUT2D eigenvalue weighted by molar-refractivity contribution is 5.95. The van der Waals surface area contributed by atoms with E-state index in [-0.39, 0.29) is 24.1 Å². The minimum Gasteiger partial charge on any atom is -0.493 e. The molecule has 0 radical (unpaired) electrons. The van der Waals surface area contributed by atoms with Gasteiger partial charge in [0.2, 0.25) is 5.91 Å². The molecule has 0 bridgehead atoms. The molecule has 3 N–H and O–H groups in total. The van der Waals surface area contributed by atoms with E-state index in [1.165, 1.54) is 19.2 Å². The van der Waals surface area contributed by atoms with Gasteiger partial charge < -0.3 is 20.5 Å². The van der Waals surface area contributed by atoms with Gasteiger partial charge in [-0.1, -0.05) is 32.9 Å². The molecule has 0 aliphatic heterocycles. The average Bonchev–Trinajstić information content (AvgIpc) is 2.56. The van der Waals surface area contributed by atoms with Crippen LogP contribution in [0.25, 0.3) is 0 Å². The number of ether oxygens (including phenoxy) is 2. The van der Waals surface area contributed by atoms with Crippen LogP contribution in [0, 0.1) is 11.2 Å². The SMILES string of the molecule is COc1ccccc1Oc1ccc(NC(=O)[C@@H](N)C(C)(C)C)cc1F.Cl. The van der Waals surface area contributed by atoms with Crippen LogP contribution in [0.4, 0.5) is 10.1 Å². The van der Waals surface area contributed by atoms with E-state index in [0.29, 0.717) is 17.2 Å². The maximum atomic E-state index is 14.3. The number of hydrogen-bond donors (Lipinski definition) is 2. The molecule has 0 unspecified atom stereocenters. The fourth-order valence-corrected chi connectivity index (χ4v) is 2.10. The summed E-state index contributed by atoms with van der Waals surface area (Å²) < 4.78 is 25.0. The van der Waals surface area contributed by atoms with Crippen molar-refractivity contribution >= 4 is 24.0 Å². The third kappa shape index (κ3) is 5.34. The zero-order chi connectivity index (χ0) is 18.6. The molecule has 0 spiro atoms. The van der Waals surface area contributed by atoms with E-state index in [4.69, 9.17) is 15.2 Å². The molecule has 26 heavy (non-hydrogen) atoms. The number of carbonyl (C=O) groups excluding carboxylic acids is 1. The molecular weight excluding hydrogens is 359 g/mol. The molecule has 0 aliphatic rings. The summed E-state index contributed by atoms with van der Waals surface area (Å²) in [5.41, 5.74) is 5.82. The van der Waals surface area contributed by atoms with Crippen LogP contribution in [-0.2, 0) is 4.79 Å². The van der Waals surface area contributed by atoms with Crippen LogP contribution in [0.3, 0.4) is 0 Å². The first-order valence-corrected chi connectivity index (χ1v) is 7.89. The number of hydrogen-bond acceptors (Lipinski definition) is 4. The van der Waals surface area contributed by atoms with Crippen molar-refractivity contribution in [2.75, 3.05) is 12.4 Å². The van der Waals surface area contributed by atoms with Gasteiger partial charge in [0.15, 0.2) is 23.1 Å². The molecule has 1 amide bonds. The molecule has 0 saturated heterocycles. The fourth-order valence-electron chi connectivity index (χ4n) is 2.10. The van der Waals surface area contributed by atoms with Crippen LogP contribution in [-0.4, -0.2) is 19.1 Å². The van der Waals surface area contributed by atoms with E-state index >= 15 is 0 Å². The van der Waals surface area contributed by atoms with Gasteiger partial charge in [-0.3, -0.25) is 4.79 Å². The average molecular weight is 383 g/mol. The minimum absolute atomic E-state index is 0. The number of amides is 1. The molecule has 142 valence electrons. The summed E-state index contributed by atoms with van der Waals surface area (Å²) in [5.74, 6) is -0.0492. The number of halogens is 2. The second-order valence-electron chi connectivity index (χ2n) is 6.73. The minimum atomic E-state index is -0.708. The van der Waals surface area contributed by atoms with Gasteiger partial charge in [-0.2, -0.15) is 0 Å². The number of anilines is 1. The van der Waals surface area contributed by atoms with Gasteiger partial charge >= 0.3 is 0 Å². The summed E-state index contributed by atoms with van der Waals surface area (Å²) >= 11 is 0. The van der Waals surface area contributed by atoms with E-state index in [1.807, 2.05) is 20.8 Å². The maximum absolute atomic E-state index is 14.3. The monoisotopic (exact) mass is 382 g/mol. The molecule has 0 heterocycles. The largest absolute Gasteiger partial charge is 0.493 e. The highest BCUT2D eigenvalue weighted by Gasteiger charge is 2.27. The maximum Gasteiger partial charge on any atom is 0.241 e. The normalized spacial score (nSPS) is 11.9. The highest BCUT2D eigenvalue weighted by Crippen LogP contribution is 2.33. The Balaban J connectivity index is 0.00000338. The smallest absolute Gasteiger partial charge is 0.241 e. The Hall–Kier alpha value is -2.31. The molecule has 5 nitrogen and oxygen atoms in total. The summed E-state index contributed by atoms with van der Waals surface area (Å²) in [5, 5.41) is 2.62. The van der Waals surface area contributed by atoms with Crippen LogP contribution in [0.1, 0.15) is 20.8 Å². The Morgan fingerprint density at radius 3 is 2.27 bits per heavy atom. The lowest BCUT2D eigenvalue weighted by Crippen LogP contribution is -2.45. The van der Waals surface area contributed by atoms with Crippen molar-refractivity contribution in [3.05, 3.63) is 48.3 Å². The Labute approximate surface area is 159 Å². The molecule has 2 aromatic carbocycles. The number of nitrogens with two attached hydrogens (primary N) is 1. The lowest BCUT2D eigenvalue weighted by molar-refractivity contribution is -0.119. The zero-order valence-corrected chi connectivity index (χ0v) is 16.0. The molecule has 7 heteroatoms. The van der Waals surface area contributed by atoms with Gasteiger partial charge in [-0.25, -0.2) is 4.39 Å². The Kier molecular flexibility index (Phi) is 7.41. The second kappa shape index (κ2) is 8.87. The van der Waals surface area contributed by atoms with Crippen molar-refractivity contribution in [3.63, 3.8) is 0 Å². The van der Waals surface area contributed by atoms with Gasteiger partial charge in [-0.05, 0) is 29.7 Å². The van der Waals surface area contributed by atoms with Crippen molar-refractivity contribution in [1.82, 2.24) is 0 Å². The van der Waals surface area contributed by atoms with Crippen molar-refractivity contribution in [2.24, 2.45) is 11.1 Å². The second-order valence-corrected chi connectivity index (χ2v) is 6.73. The van der Waals surface area contributed by atoms with Crippen LogP contribution < -0.4 is 20.5 Å². The van der Waals surface area contributed by atoms with Gasteiger partial charge in [0.1, 0.15) is 0 Å². The molecule has 0 aromatic heterocycles. The summed E-state index contributed by atoms with van der Waals surface area (Å²) in [6, 6.07) is 10.4. The van der Waals surface area contributed by atoms with Crippen LogP contribution >= 0.6 is 12.4 Å². The first-order chi connectivity index (χ1) is 11.7. The molecule has 2 rings (SSSR count). The topological polar surface area (TPSA) is 73.6 Å². The predicted molar refractivity (Wildman–Crippen MR) is 103 cm³/mol. The predicted octanol–water partition coefficient (Wildman–Crippen LogP) is 4.36. The molecule has 0 aliphatic carbocycles. The molecule has 0 fully saturated rings. The molecular formula is C19H24ClFN2O3. The Morgan fingerprint density at radius 2 is 1.73 bits per heavy atom. The number of carbonyl (C=O) groups is 1. The van der Waals surface area contributed by atoms with E-state index < -0.39 is 17.3 Å². The van der Waals surface area contributed by atoms with Gasteiger partial charge in [0, 0.05) is 11.8 Å². The summed E-state index contributed by atoms with van der Waals surface area (Å²) in [4.78, 5) is 12.1. The summed E-state index contributed by atoms with van der Waals surface area (Å²) in [6.45, 7) is 5.59. The first kappa shape index (κ1) is 21.7. The lowest BCUT2D eigenvalue weighted by atomic mass is 9.87. The summed E-state index contributed by atoms with van der Waals surface area (Å²) in [7, 11) is 1.51. The quantitative estimate of drug-likeness (QED) is 0.805. The third-order valence-electron chi connectivity index (χ3n) is 3.70.